The molecule has 3 amide bonds. The van der Waals surface area contributed by atoms with Crippen LogP contribution in [0.1, 0.15) is 73.0 Å². The number of carbonyl (C=O) groups is 2. The summed E-state index contributed by atoms with van der Waals surface area (Å²) in [5.41, 5.74) is 0.391. The summed E-state index contributed by atoms with van der Waals surface area (Å²) in [4.78, 5) is 32.4. The fourth-order valence-electron chi connectivity index (χ4n) is 3.84. The molecule has 7 nitrogen and oxygen atoms in total. The number of amides is 3. The molecule has 1 saturated carbocycles. The lowest BCUT2D eigenvalue weighted by Crippen LogP contribution is -2.48. The van der Waals surface area contributed by atoms with Crippen LogP contribution in [-0.2, 0) is 0 Å². The Balaban J connectivity index is 1.54. The minimum absolute atomic E-state index is 0.0578. The largest absolute Gasteiger partial charge is 0.445 e. The van der Waals surface area contributed by atoms with Crippen molar-refractivity contribution in [3.63, 3.8) is 0 Å². The third-order valence-electron chi connectivity index (χ3n) is 5.49. The molecule has 0 atom stereocenters. The first kappa shape index (κ1) is 18.7. The molecule has 2 heterocycles. The number of carbonyl (C=O) groups excluding carboxylic acids is 2. The van der Waals surface area contributed by atoms with Gasteiger partial charge < -0.3 is 19.5 Å². The van der Waals surface area contributed by atoms with Crippen molar-refractivity contribution in [2.24, 2.45) is 0 Å². The second-order valence-electron chi connectivity index (χ2n) is 7.70. The summed E-state index contributed by atoms with van der Waals surface area (Å²) < 4.78 is 5.76. The zero-order valence-corrected chi connectivity index (χ0v) is 16.1. The maximum atomic E-state index is 12.5. The molecule has 7 heteroatoms. The van der Waals surface area contributed by atoms with Crippen molar-refractivity contribution >= 4 is 11.9 Å². The summed E-state index contributed by atoms with van der Waals surface area (Å²) in [6.07, 6.45) is 7.53. The molecule has 1 N–H and O–H groups in total. The highest BCUT2D eigenvalue weighted by molar-refractivity contribution is 5.92. The predicted octanol–water partition coefficient (Wildman–Crippen LogP) is 2.91. The lowest BCUT2D eigenvalue weighted by molar-refractivity contribution is 0.0821. The Morgan fingerprint density at radius 2 is 1.77 bits per heavy atom. The maximum absolute atomic E-state index is 12.5. The highest BCUT2D eigenvalue weighted by Gasteiger charge is 2.29. The molecule has 2 fully saturated rings. The number of hydrogen-bond donors (Lipinski definition) is 1. The van der Waals surface area contributed by atoms with E-state index in [9.17, 15) is 9.59 Å². The smallest absolute Gasteiger partial charge is 0.317 e. The van der Waals surface area contributed by atoms with Gasteiger partial charge in [-0.15, -0.1) is 0 Å². The molecule has 1 aliphatic heterocycles. The van der Waals surface area contributed by atoms with E-state index in [2.05, 4.69) is 10.3 Å². The Morgan fingerprint density at radius 3 is 2.38 bits per heavy atom. The molecule has 0 aromatic carbocycles. The first-order chi connectivity index (χ1) is 12.5. The summed E-state index contributed by atoms with van der Waals surface area (Å²) in [5, 5.41) is 3.18. The van der Waals surface area contributed by atoms with E-state index in [1.165, 1.54) is 24.2 Å². The van der Waals surface area contributed by atoms with Crippen molar-refractivity contribution in [2.45, 2.75) is 63.8 Å². The third kappa shape index (κ3) is 4.19. The average molecular weight is 362 g/mol. The van der Waals surface area contributed by atoms with Gasteiger partial charge in [0.05, 0.1) is 0 Å². The van der Waals surface area contributed by atoms with E-state index in [0.29, 0.717) is 36.5 Å². The Kier molecular flexibility index (Phi) is 5.84. The van der Waals surface area contributed by atoms with Crippen LogP contribution in [0.3, 0.4) is 0 Å². The van der Waals surface area contributed by atoms with Gasteiger partial charge in [-0.05, 0) is 32.6 Å². The van der Waals surface area contributed by atoms with Crippen molar-refractivity contribution < 1.29 is 14.0 Å². The van der Waals surface area contributed by atoms with E-state index >= 15 is 0 Å². The number of aryl methyl sites for hydroxylation is 1. The normalized spacial score (nSPS) is 19.4. The lowest BCUT2D eigenvalue weighted by Gasteiger charge is -2.33. The minimum Gasteiger partial charge on any atom is -0.445 e. The van der Waals surface area contributed by atoms with Crippen LogP contribution in [0.15, 0.2) is 4.42 Å². The fourth-order valence-corrected chi connectivity index (χ4v) is 3.84. The van der Waals surface area contributed by atoms with Crippen LogP contribution >= 0.6 is 0 Å². The third-order valence-corrected chi connectivity index (χ3v) is 5.49. The molecule has 0 bridgehead atoms. The molecule has 1 aromatic rings. The van der Waals surface area contributed by atoms with E-state index in [4.69, 9.17) is 4.42 Å². The first-order valence-electron chi connectivity index (χ1n) is 9.70. The van der Waals surface area contributed by atoms with Crippen LogP contribution in [-0.4, -0.2) is 59.9 Å². The fraction of sp³-hybridized carbons (Fsp3) is 0.737. The van der Waals surface area contributed by atoms with E-state index in [1.807, 2.05) is 4.90 Å². The number of likely N-dealkylation sites (tertiary alicyclic amines) is 1. The number of hydrogen-bond acceptors (Lipinski definition) is 4. The number of nitrogens with one attached hydrogen (secondary N) is 1. The van der Waals surface area contributed by atoms with Crippen molar-refractivity contribution in [1.82, 2.24) is 20.1 Å². The second kappa shape index (κ2) is 8.10. The summed E-state index contributed by atoms with van der Waals surface area (Å²) in [5.74, 6) is 1.22. The van der Waals surface area contributed by atoms with Gasteiger partial charge >= 0.3 is 6.03 Å². The molecule has 2 aliphatic rings. The van der Waals surface area contributed by atoms with Gasteiger partial charge in [0.1, 0.15) is 5.76 Å². The zero-order chi connectivity index (χ0) is 18.7. The molecule has 26 heavy (non-hydrogen) atoms. The van der Waals surface area contributed by atoms with E-state index in [0.717, 1.165) is 25.7 Å². The van der Waals surface area contributed by atoms with Crippen LogP contribution in [0.4, 0.5) is 4.79 Å². The van der Waals surface area contributed by atoms with Gasteiger partial charge in [0.2, 0.25) is 0 Å². The monoisotopic (exact) mass is 362 g/mol. The number of piperidine rings is 1. The maximum Gasteiger partial charge on any atom is 0.317 e. The Bertz CT molecular complexity index is 641. The molecule has 144 valence electrons. The summed E-state index contributed by atoms with van der Waals surface area (Å²) >= 11 is 0. The average Bonchev–Trinajstić information content (AvgIpc) is 3.03. The second-order valence-corrected chi connectivity index (χ2v) is 7.70. The van der Waals surface area contributed by atoms with Crippen molar-refractivity contribution in [3.05, 3.63) is 17.3 Å². The van der Waals surface area contributed by atoms with Crippen molar-refractivity contribution in [3.8, 4) is 0 Å². The topological polar surface area (TPSA) is 78.7 Å². The molecular formula is C19H30N4O3. The molecule has 1 aromatic heterocycles. The Labute approximate surface area is 155 Å². The van der Waals surface area contributed by atoms with Crippen LogP contribution < -0.4 is 5.32 Å². The highest BCUT2D eigenvalue weighted by Crippen LogP contribution is 2.29. The van der Waals surface area contributed by atoms with Crippen molar-refractivity contribution in [2.75, 3.05) is 27.2 Å². The van der Waals surface area contributed by atoms with E-state index in [1.54, 1.807) is 21.0 Å². The van der Waals surface area contributed by atoms with Gasteiger partial charge in [-0.2, -0.15) is 0 Å². The van der Waals surface area contributed by atoms with Crippen LogP contribution in [0, 0.1) is 6.92 Å². The lowest BCUT2D eigenvalue weighted by atomic mass is 9.95. The summed E-state index contributed by atoms with van der Waals surface area (Å²) in [7, 11) is 3.42. The van der Waals surface area contributed by atoms with Gasteiger partial charge in [-0.25, -0.2) is 9.78 Å². The van der Waals surface area contributed by atoms with Crippen LogP contribution in [0.5, 0.6) is 0 Å². The first-order valence-corrected chi connectivity index (χ1v) is 9.70. The highest BCUT2D eigenvalue weighted by atomic mass is 16.4. The molecule has 1 saturated heterocycles. The predicted molar refractivity (Wildman–Crippen MR) is 98.2 cm³/mol. The Morgan fingerprint density at radius 1 is 1.12 bits per heavy atom. The molecule has 0 radical (unpaired) electrons. The van der Waals surface area contributed by atoms with Crippen LogP contribution in [0.2, 0.25) is 0 Å². The number of urea groups is 1. The standard InChI is InChI=1S/C19H30N4O3/c1-13-16(18(24)22(2)3)21-17(26-13)14-9-11-23(12-10-14)19(25)20-15-7-5-4-6-8-15/h14-15H,4-12H2,1-3H3,(H,20,25). The summed E-state index contributed by atoms with van der Waals surface area (Å²) in [6.45, 7) is 3.17. The zero-order valence-electron chi connectivity index (χ0n) is 16.1. The SMILES string of the molecule is Cc1oc(C2CCN(C(=O)NC3CCCCC3)CC2)nc1C(=O)N(C)C. The molecule has 3 rings (SSSR count). The molecule has 1 aliphatic carbocycles. The van der Waals surface area contributed by atoms with Gasteiger partial charge in [0.15, 0.2) is 11.6 Å². The number of nitrogens with zero attached hydrogens (tertiary/aromatic N) is 3. The summed E-state index contributed by atoms with van der Waals surface area (Å²) in [6, 6.07) is 0.394. The van der Waals surface area contributed by atoms with E-state index in [-0.39, 0.29) is 17.9 Å². The quantitative estimate of drug-likeness (QED) is 0.897. The van der Waals surface area contributed by atoms with Gasteiger partial charge in [0, 0.05) is 39.1 Å². The Hall–Kier alpha value is -2.05. The number of oxazole rings is 1. The molecular weight excluding hydrogens is 332 g/mol. The van der Waals surface area contributed by atoms with E-state index < -0.39 is 0 Å². The number of aromatic nitrogens is 1. The van der Waals surface area contributed by atoms with Crippen molar-refractivity contribution in [1.29, 1.82) is 0 Å². The van der Waals surface area contributed by atoms with Gasteiger partial charge in [-0.1, -0.05) is 19.3 Å². The van der Waals surface area contributed by atoms with Crippen LogP contribution in [0.25, 0.3) is 0 Å². The number of rotatable bonds is 3. The minimum atomic E-state index is -0.137. The van der Waals surface area contributed by atoms with Gasteiger partial charge in [-0.3, -0.25) is 4.79 Å². The van der Waals surface area contributed by atoms with Gasteiger partial charge in [0.25, 0.3) is 5.91 Å². The molecule has 0 spiro atoms. The molecule has 0 unspecified atom stereocenters.